The molecule has 0 aliphatic carbocycles. The van der Waals surface area contributed by atoms with Crippen LogP contribution in [0.2, 0.25) is 5.02 Å². The van der Waals surface area contributed by atoms with Crippen molar-refractivity contribution in [1.29, 1.82) is 0 Å². The molecule has 0 aliphatic heterocycles. The van der Waals surface area contributed by atoms with Gasteiger partial charge in [-0.3, -0.25) is 0 Å². The average molecular weight is 243 g/mol. The Hall–Kier alpha value is -0.680. The third-order valence-electron chi connectivity index (χ3n) is 1.88. The Kier molecular flexibility index (Phi) is 3.53. The summed E-state index contributed by atoms with van der Waals surface area (Å²) < 4.78 is 6.41. The van der Waals surface area contributed by atoms with Crippen LogP contribution in [0.1, 0.15) is 5.01 Å². The van der Waals surface area contributed by atoms with Gasteiger partial charge in [0.15, 0.2) is 0 Å². The molecule has 0 spiro atoms. The summed E-state index contributed by atoms with van der Waals surface area (Å²) in [6, 6.07) is 5.68. The van der Waals surface area contributed by atoms with Gasteiger partial charge in [-0.25, -0.2) is 4.98 Å². The molecule has 2 N–H and O–H groups in total. The van der Waals surface area contributed by atoms with Crippen molar-refractivity contribution in [3.63, 3.8) is 0 Å². The molecule has 80 valence electrons. The predicted octanol–water partition coefficient (Wildman–Crippen LogP) is 2.42. The summed E-state index contributed by atoms with van der Waals surface area (Å²) in [7, 11) is 0. The number of ether oxygens (including phenoxy) is 1. The smallest absolute Gasteiger partial charge is 0.120 e. The summed E-state index contributed by atoms with van der Waals surface area (Å²) >= 11 is 7.49. The van der Waals surface area contributed by atoms with Crippen LogP contribution in [0.5, 0.6) is 0 Å². The van der Waals surface area contributed by atoms with Crippen molar-refractivity contribution in [2.45, 2.75) is 6.61 Å². The molecule has 0 aliphatic rings. The van der Waals surface area contributed by atoms with Gasteiger partial charge in [0.05, 0.1) is 23.4 Å². The quantitative estimate of drug-likeness (QED) is 0.838. The van der Waals surface area contributed by atoms with Crippen molar-refractivity contribution in [3.8, 4) is 0 Å². The van der Waals surface area contributed by atoms with Crippen LogP contribution in [0.4, 0.5) is 0 Å². The highest BCUT2D eigenvalue weighted by Crippen LogP contribution is 2.25. The highest BCUT2D eigenvalue weighted by Gasteiger charge is 2.03. The van der Waals surface area contributed by atoms with Gasteiger partial charge in [-0.2, -0.15) is 0 Å². The molecule has 0 fully saturated rings. The Morgan fingerprint density at radius 2 is 2.33 bits per heavy atom. The zero-order chi connectivity index (χ0) is 10.7. The third-order valence-corrected chi connectivity index (χ3v) is 3.11. The number of nitrogens with two attached hydrogens (primary N) is 1. The first-order chi connectivity index (χ1) is 7.29. The molecule has 1 heterocycles. The van der Waals surface area contributed by atoms with Gasteiger partial charge in [-0.05, 0) is 18.2 Å². The van der Waals surface area contributed by atoms with E-state index in [4.69, 9.17) is 22.1 Å². The number of thiazole rings is 1. The van der Waals surface area contributed by atoms with E-state index in [1.54, 1.807) is 11.3 Å². The summed E-state index contributed by atoms with van der Waals surface area (Å²) in [5.74, 6) is 0. The molecule has 2 aromatic rings. The number of benzene rings is 1. The maximum Gasteiger partial charge on any atom is 0.120 e. The molecule has 0 saturated carbocycles. The van der Waals surface area contributed by atoms with Crippen molar-refractivity contribution < 1.29 is 4.74 Å². The number of aromatic nitrogens is 1. The van der Waals surface area contributed by atoms with Gasteiger partial charge < -0.3 is 10.5 Å². The largest absolute Gasteiger partial charge is 0.373 e. The fourth-order valence-corrected chi connectivity index (χ4v) is 2.43. The maximum atomic E-state index is 5.89. The summed E-state index contributed by atoms with van der Waals surface area (Å²) in [6.07, 6.45) is 0. The highest BCUT2D eigenvalue weighted by molar-refractivity contribution is 7.18. The molecule has 5 heteroatoms. The number of rotatable bonds is 4. The van der Waals surface area contributed by atoms with Gasteiger partial charge in [0.25, 0.3) is 0 Å². The van der Waals surface area contributed by atoms with Crippen LogP contribution in [-0.2, 0) is 11.3 Å². The van der Waals surface area contributed by atoms with Crippen LogP contribution in [0, 0.1) is 0 Å². The molecule has 0 atom stereocenters. The van der Waals surface area contributed by atoms with E-state index in [1.165, 1.54) is 0 Å². The van der Waals surface area contributed by atoms with E-state index in [0.29, 0.717) is 19.8 Å². The molecule has 1 aromatic heterocycles. The monoisotopic (exact) mass is 242 g/mol. The Morgan fingerprint density at radius 1 is 1.47 bits per heavy atom. The lowest BCUT2D eigenvalue weighted by molar-refractivity contribution is 0.128. The van der Waals surface area contributed by atoms with E-state index in [2.05, 4.69) is 4.98 Å². The fourth-order valence-electron chi connectivity index (χ4n) is 1.25. The molecule has 0 radical (unpaired) electrons. The van der Waals surface area contributed by atoms with Crippen molar-refractivity contribution in [3.05, 3.63) is 28.2 Å². The van der Waals surface area contributed by atoms with Gasteiger partial charge >= 0.3 is 0 Å². The number of hydrogen-bond acceptors (Lipinski definition) is 4. The van der Waals surface area contributed by atoms with Gasteiger partial charge in [-0.1, -0.05) is 11.6 Å². The molecule has 2 rings (SSSR count). The summed E-state index contributed by atoms with van der Waals surface area (Å²) in [6.45, 7) is 1.63. The molecular weight excluding hydrogens is 232 g/mol. The van der Waals surface area contributed by atoms with Crippen LogP contribution in [-0.4, -0.2) is 18.1 Å². The molecule has 3 nitrogen and oxygen atoms in total. The maximum absolute atomic E-state index is 5.89. The molecule has 0 unspecified atom stereocenters. The zero-order valence-electron chi connectivity index (χ0n) is 8.07. The summed E-state index contributed by atoms with van der Waals surface area (Å²) in [4.78, 5) is 4.42. The van der Waals surface area contributed by atoms with Gasteiger partial charge in [0.1, 0.15) is 5.01 Å². The number of hydrogen-bond donors (Lipinski definition) is 1. The van der Waals surface area contributed by atoms with E-state index in [0.717, 1.165) is 20.2 Å². The first kappa shape index (κ1) is 10.8. The van der Waals surface area contributed by atoms with Crippen molar-refractivity contribution in [2.24, 2.45) is 5.73 Å². The Balaban J connectivity index is 2.16. The Bertz CT molecular complexity index is 458. The number of halogens is 1. The van der Waals surface area contributed by atoms with E-state index >= 15 is 0 Å². The van der Waals surface area contributed by atoms with Crippen molar-refractivity contribution in [1.82, 2.24) is 4.98 Å². The second-order valence-corrected chi connectivity index (χ2v) is 4.61. The lowest BCUT2D eigenvalue weighted by atomic mass is 10.3. The van der Waals surface area contributed by atoms with E-state index in [9.17, 15) is 0 Å². The zero-order valence-corrected chi connectivity index (χ0v) is 9.64. The fraction of sp³-hybridized carbons (Fsp3) is 0.300. The molecular formula is C10H11ClN2OS. The first-order valence-corrected chi connectivity index (χ1v) is 5.82. The van der Waals surface area contributed by atoms with E-state index in [-0.39, 0.29) is 0 Å². The SMILES string of the molecule is NCCOCc1nc2ccc(Cl)cc2s1. The predicted molar refractivity (Wildman–Crippen MR) is 63.3 cm³/mol. The van der Waals surface area contributed by atoms with Crippen LogP contribution in [0.15, 0.2) is 18.2 Å². The van der Waals surface area contributed by atoms with Crippen LogP contribution in [0.3, 0.4) is 0 Å². The van der Waals surface area contributed by atoms with Crippen molar-refractivity contribution in [2.75, 3.05) is 13.2 Å². The summed E-state index contributed by atoms with van der Waals surface area (Å²) in [5, 5.41) is 1.70. The lowest BCUT2D eigenvalue weighted by Gasteiger charge is -1.96. The van der Waals surface area contributed by atoms with Crippen molar-refractivity contribution >= 4 is 33.2 Å². The normalized spacial score (nSPS) is 11.1. The van der Waals surface area contributed by atoms with Crippen LogP contribution >= 0.6 is 22.9 Å². The Morgan fingerprint density at radius 3 is 3.13 bits per heavy atom. The minimum absolute atomic E-state index is 0.522. The van der Waals surface area contributed by atoms with Gasteiger partial charge in [-0.15, -0.1) is 11.3 Å². The van der Waals surface area contributed by atoms with Gasteiger partial charge in [0, 0.05) is 11.6 Å². The molecule has 0 bridgehead atoms. The molecule has 0 saturated heterocycles. The highest BCUT2D eigenvalue weighted by atomic mass is 35.5. The average Bonchev–Trinajstić information content (AvgIpc) is 2.60. The van der Waals surface area contributed by atoms with E-state index < -0.39 is 0 Å². The first-order valence-electron chi connectivity index (χ1n) is 4.62. The van der Waals surface area contributed by atoms with Crippen LogP contribution < -0.4 is 5.73 Å². The minimum atomic E-state index is 0.522. The van der Waals surface area contributed by atoms with Crippen LogP contribution in [0.25, 0.3) is 10.2 Å². The molecule has 1 aromatic carbocycles. The number of nitrogens with zero attached hydrogens (tertiary/aromatic N) is 1. The second kappa shape index (κ2) is 4.90. The minimum Gasteiger partial charge on any atom is -0.373 e. The Labute approximate surface area is 96.8 Å². The second-order valence-electron chi connectivity index (χ2n) is 3.06. The standard InChI is InChI=1S/C10H11ClN2OS/c11-7-1-2-8-9(5-7)15-10(13-8)6-14-4-3-12/h1-2,5H,3-4,6,12H2. The number of fused-ring (bicyclic) bond motifs is 1. The van der Waals surface area contributed by atoms with Gasteiger partial charge in [0.2, 0.25) is 0 Å². The van der Waals surface area contributed by atoms with E-state index in [1.807, 2.05) is 18.2 Å². The topological polar surface area (TPSA) is 48.1 Å². The third kappa shape index (κ3) is 2.66. The molecule has 15 heavy (non-hydrogen) atoms. The lowest BCUT2D eigenvalue weighted by Crippen LogP contribution is -2.07. The summed E-state index contributed by atoms with van der Waals surface area (Å²) in [5.41, 5.74) is 6.30. The molecule has 0 amide bonds.